The van der Waals surface area contributed by atoms with Crippen LogP contribution < -0.4 is 5.32 Å². The number of carbonyl (C=O) groups excluding carboxylic acids is 1. The fraction of sp³-hybridized carbons (Fsp3) is 0.938. The lowest BCUT2D eigenvalue weighted by molar-refractivity contribution is -0.152. The quantitative estimate of drug-likeness (QED) is 0.640. The molecule has 4 nitrogen and oxygen atoms in total. The summed E-state index contributed by atoms with van der Waals surface area (Å²) < 4.78 is 5.33. The molecule has 3 atom stereocenters. The van der Waals surface area contributed by atoms with Crippen LogP contribution >= 0.6 is 11.8 Å². The Morgan fingerprint density at radius 3 is 2.90 bits per heavy atom. The van der Waals surface area contributed by atoms with E-state index in [9.17, 15) is 4.79 Å². The summed E-state index contributed by atoms with van der Waals surface area (Å²) in [6.45, 7) is 7.56. The normalized spacial score (nSPS) is 27.3. The van der Waals surface area contributed by atoms with Crippen LogP contribution in [0, 0.1) is 5.92 Å². The van der Waals surface area contributed by atoms with Crippen LogP contribution in [0.1, 0.15) is 52.9 Å². The monoisotopic (exact) mass is 317 g/mol. The SMILES string of the molecule is CCCNC1(C(=O)OCC)CCCC(SCC(C)CO)C1. The Labute approximate surface area is 133 Å². The Morgan fingerprint density at radius 1 is 1.52 bits per heavy atom. The number of hydrogen-bond donors (Lipinski definition) is 2. The minimum absolute atomic E-state index is 0.0843. The van der Waals surface area contributed by atoms with Gasteiger partial charge in [-0.05, 0) is 57.2 Å². The summed E-state index contributed by atoms with van der Waals surface area (Å²) in [5, 5.41) is 13.1. The second kappa shape index (κ2) is 9.70. The Balaban J connectivity index is 2.66. The first-order valence-electron chi connectivity index (χ1n) is 8.22. The van der Waals surface area contributed by atoms with Gasteiger partial charge in [-0.15, -0.1) is 0 Å². The van der Waals surface area contributed by atoms with Gasteiger partial charge in [0.05, 0.1) is 6.61 Å². The molecule has 1 aliphatic carbocycles. The molecule has 0 aromatic rings. The van der Waals surface area contributed by atoms with Crippen LogP contribution in [0.5, 0.6) is 0 Å². The van der Waals surface area contributed by atoms with Crippen molar-refractivity contribution in [3.05, 3.63) is 0 Å². The van der Waals surface area contributed by atoms with E-state index in [0.717, 1.165) is 44.4 Å². The number of aliphatic hydroxyl groups is 1. The zero-order valence-electron chi connectivity index (χ0n) is 13.7. The molecule has 0 radical (unpaired) electrons. The van der Waals surface area contributed by atoms with Crippen LogP contribution in [0.25, 0.3) is 0 Å². The van der Waals surface area contributed by atoms with Crippen LogP contribution in [0.4, 0.5) is 0 Å². The molecular formula is C16H31NO3S. The van der Waals surface area contributed by atoms with Crippen molar-refractivity contribution in [1.82, 2.24) is 5.32 Å². The molecule has 2 N–H and O–H groups in total. The second-order valence-electron chi connectivity index (χ2n) is 6.07. The molecule has 0 saturated heterocycles. The molecule has 124 valence electrons. The van der Waals surface area contributed by atoms with Crippen LogP contribution in [-0.2, 0) is 9.53 Å². The minimum atomic E-state index is -0.496. The Morgan fingerprint density at radius 2 is 2.29 bits per heavy atom. The van der Waals surface area contributed by atoms with E-state index in [1.54, 1.807) is 0 Å². The molecular weight excluding hydrogens is 286 g/mol. The molecule has 0 bridgehead atoms. The molecule has 3 unspecified atom stereocenters. The van der Waals surface area contributed by atoms with E-state index in [1.807, 2.05) is 18.7 Å². The molecule has 0 spiro atoms. The first-order valence-corrected chi connectivity index (χ1v) is 9.27. The number of hydrogen-bond acceptors (Lipinski definition) is 5. The van der Waals surface area contributed by atoms with E-state index in [0.29, 0.717) is 17.8 Å². The van der Waals surface area contributed by atoms with E-state index >= 15 is 0 Å². The van der Waals surface area contributed by atoms with Gasteiger partial charge in [0.25, 0.3) is 0 Å². The maximum atomic E-state index is 12.4. The average molecular weight is 317 g/mol. The van der Waals surface area contributed by atoms with Gasteiger partial charge in [-0.1, -0.05) is 13.8 Å². The molecule has 1 fully saturated rings. The number of rotatable bonds is 9. The third kappa shape index (κ3) is 5.80. The Bertz CT molecular complexity index is 314. The van der Waals surface area contributed by atoms with Gasteiger partial charge < -0.3 is 15.2 Å². The van der Waals surface area contributed by atoms with E-state index in [4.69, 9.17) is 9.84 Å². The van der Waals surface area contributed by atoms with Gasteiger partial charge in [0.1, 0.15) is 5.54 Å². The summed E-state index contributed by atoms with van der Waals surface area (Å²) in [6.07, 6.45) is 4.94. The van der Waals surface area contributed by atoms with E-state index in [1.165, 1.54) is 0 Å². The number of esters is 1. The lowest BCUT2D eigenvalue weighted by Gasteiger charge is -2.39. The number of nitrogens with one attached hydrogen (secondary N) is 1. The predicted octanol–water partition coefficient (Wildman–Crippen LogP) is 2.59. The van der Waals surface area contributed by atoms with Gasteiger partial charge in [-0.3, -0.25) is 4.79 Å². The highest BCUT2D eigenvalue weighted by molar-refractivity contribution is 7.99. The molecule has 1 saturated carbocycles. The third-order valence-electron chi connectivity index (χ3n) is 4.01. The lowest BCUT2D eigenvalue weighted by atomic mass is 9.81. The van der Waals surface area contributed by atoms with Crippen molar-refractivity contribution in [3.63, 3.8) is 0 Å². The highest BCUT2D eigenvalue weighted by atomic mass is 32.2. The van der Waals surface area contributed by atoms with Gasteiger partial charge in [0.2, 0.25) is 0 Å². The summed E-state index contributed by atoms with van der Waals surface area (Å²) in [5.41, 5.74) is -0.496. The highest BCUT2D eigenvalue weighted by Gasteiger charge is 2.43. The maximum absolute atomic E-state index is 12.4. The van der Waals surface area contributed by atoms with Gasteiger partial charge in [-0.25, -0.2) is 0 Å². The van der Waals surface area contributed by atoms with Crippen molar-refractivity contribution in [2.45, 2.75) is 63.7 Å². The van der Waals surface area contributed by atoms with E-state index in [-0.39, 0.29) is 12.6 Å². The molecule has 1 aliphatic rings. The van der Waals surface area contributed by atoms with Crippen LogP contribution in [0.2, 0.25) is 0 Å². The molecule has 5 heteroatoms. The van der Waals surface area contributed by atoms with E-state index in [2.05, 4.69) is 19.2 Å². The van der Waals surface area contributed by atoms with E-state index < -0.39 is 5.54 Å². The molecule has 0 aromatic carbocycles. The Kier molecular flexibility index (Phi) is 8.67. The standard InChI is InChI=1S/C16H31NO3S/c1-4-9-17-16(15(19)20-5-2)8-6-7-14(10-16)21-12-13(3)11-18/h13-14,17-18H,4-12H2,1-3H3. The van der Waals surface area contributed by atoms with Crippen molar-refractivity contribution >= 4 is 17.7 Å². The van der Waals surface area contributed by atoms with Gasteiger partial charge in [0.15, 0.2) is 0 Å². The molecule has 0 aromatic heterocycles. The van der Waals surface area contributed by atoms with Crippen LogP contribution in [-0.4, -0.2) is 47.4 Å². The lowest BCUT2D eigenvalue weighted by Crippen LogP contribution is -2.56. The van der Waals surface area contributed by atoms with Crippen molar-refractivity contribution in [2.75, 3.05) is 25.5 Å². The number of carbonyl (C=O) groups is 1. The molecule has 1 rings (SSSR count). The van der Waals surface area contributed by atoms with Crippen LogP contribution in [0.3, 0.4) is 0 Å². The first-order chi connectivity index (χ1) is 10.1. The fourth-order valence-electron chi connectivity index (χ4n) is 2.77. The highest BCUT2D eigenvalue weighted by Crippen LogP contribution is 2.36. The van der Waals surface area contributed by atoms with Gasteiger partial charge >= 0.3 is 5.97 Å². The zero-order valence-corrected chi connectivity index (χ0v) is 14.5. The van der Waals surface area contributed by atoms with Gasteiger partial charge in [0, 0.05) is 11.9 Å². The number of aliphatic hydroxyl groups excluding tert-OH is 1. The number of thioether (sulfide) groups is 1. The minimum Gasteiger partial charge on any atom is -0.465 e. The summed E-state index contributed by atoms with van der Waals surface area (Å²) >= 11 is 1.89. The predicted molar refractivity (Wildman–Crippen MR) is 88.6 cm³/mol. The molecule has 21 heavy (non-hydrogen) atoms. The topological polar surface area (TPSA) is 58.6 Å². The molecule has 0 heterocycles. The first kappa shape index (κ1) is 18.8. The van der Waals surface area contributed by atoms with Crippen molar-refractivity contribution in [1.29, 1.82) is 0 Å². The average Bonchev–Trinajstić information content (AvgIpc) is 2.51. The maximum Gasteiger partial charge on any atom is 0.326 e. The summed E-state index contributed by atoms with van der Waals surface area (Å²) in [7, 11) is 0. The van der Waals surface area contributed by atoms with Crippen molar-refractivity contribution in [2.24, 2.45) is 5.92 Å². The van der Waals surface area contributed by atoms with Gasteiger partial charge in [-0.2, -0.15) is 11.8 Å². The largest absolute Gasteiger partial charge is 0.465 e. The smallest absolute Gasteiger partial charge is 0.326 e. The summed E-state index contributed by atoms with van der Waals surface area (Å²) in [6, 6.07) is 0. The fourth-order valence-corrected chi connectivity index (χ4v) is 4.21. The zero-order chi connectivity index (χ0) is 15.7. The summed E-state index contributed by atoms with van der Waals surface area (Å²) in [4.78, 5) is 12.4. The molecule has 0 amide bonds. The second-order valence-corrected chi connectivity index (χ2v) is 7.40. The summed E-state index contributed by atoms with van der Waals surface area (Å²) in [5.74, 6) is 1.19. The Hall–Kier alpha value is -0.260. The third-order valence-corrected chi connectivity index (χ3v) is 5.65. The van der Waals surface area contributed by atoms with Crippen molar-refractivity contribution in [3.8, 4) is 0 Å². The van der Waals surface area contributed by atoms with Crippen LogP contribution in [0.15, 0.2) is 0 Å². The number of ether oxygens (including phenoxy) is 1. The molecule has 0 aliphatic heterocycles. The van der Waals surface area contributed by atoms with Crippen molar-refractivity contribution < 1.29 is 14.6 Å².